The van der Waals surface area contributed by atoms with Crippen LogP contribution in [0.15, 0.2) is 12.2 Å². The van der Waals surface area contributed by atoms with E-state index in [1.54, 1.807) is 0 Å². The molecule has 0 aliphatic heterocycles. The summed E-state index contributed by atoms with van der Waals surface area (Å²) in [5.74, 6) is -0.384. The van der Waals surface area contributed by atoms with Crippen LogP contribution in [0.1, 0.15) is 77.6 Å². The predicted octanol–water partition coefficient (Wildman–Crippen LogP) is 4.60. The number of quaternary nitrogens is 1. The van der Waals surface area contributed by atoms with Crippen LogP contribution in [0.5, 0.6) is 0 Å². The van der Waals surface area contributed by atoms with Crippen LogP contribution in [0, 0.1) is 0 Å². The Morgan fingerprint density at radius 2 is 1.53 bits per heavy atom. The summed E-state index contributed by atoms with van der Waals surface area (Å²) in [5.41, 5.74) is 0. The molecule has 0 saturated carbocycles. The van der Waals surface area contributed by atoms with Crippen molar-refractivity contribution in [3.63, 3.8) is 0 Å². The van der Waals surface area contributed by atoms with E-state index in [4.69, 9.17) is 13.8 Å². The molecular weight excluding hydrogens is 433 g/mol. The lowest BCUT2D eigenvalue weighted by molar-refractivity contribution is -0.870. The number of aliphatic hydroxyl groups excluding tert-OH is 1. The Morgan fingerprint density at radius 3 is 2.16 bits per heavy atom. The average molecular weight is 481 g/mol. The highest BCUT2D eigenvalue weighted by molar-refractivity contribution is 7.47. The van der Waals surface area contributed by atoms with Gasteiger partial charge in [-0.2, -0.15) is 0 Å². The number of nitrogens with zero attached hydrogens (tertiary/aromatic N) is 1. The lowest BCUT2D eigenvalue weighted by Crippen LogP contribution is -2.37. The molecule has 0 heterocycles. The topological polar surface area (TPSA) is 102 Å². The number of allylic oxidation sites excluding steroid dienone is 2. The minimum atomic E-state index is -4.24. The fourth-order valence-electron chi connectivity index (χ4n) is 2.77. The van der Waals surface area contributed by atoms with Gasteiger partial charge < -0.3 is 19.2 Å². The normalized spacial score (nSPS) is 15.1. The van der Waals surface area contributed by atoms with Crippen LogP contribution in [-0.4, -0.2) is 74.1 Å². The molecule has 8 nitrogen and oxygen atoms in total. The molecule has 0 radical (unpaired) electrons. The largest absolute Gasteiger partial charge is 0.472 e. The van der Waals surface area contributed by atoms with Gasteiger partial charge in [0.2, 0.25) is 0 Å². The predicted molar refractivity (Wildman–Crippen MR) is 127 cm³/mol. The molecule has 0 rings (SSSR count). The van der Waals surface area contributed by atoms with Crippen LogP contribution in [0.25, 0.3) is 0 Å². The van der Waals surface area contributed by atoms with Gasteiger partial charge in [-0.25, -0.2) is 4.57 Å². The minimum absolute atomic E-state index is 0.0537. The average Bonchev–Trinajstić information content (AvgIpc) is 2.70. The maximum Gasteiger partial charge on any atom is 0.472 e. The lowest BCUT2D eigenvalue weighted by Gasteiger charge is -2.24. The van der Waals surface area contributed by atoms with Crippen molar-refractivity contribution in [1.82, 2.24) is 0 Å². The number of rotatable bonds is 21. The molecule has 0 aliphatic rings. The highest BCUT2D eigenvalue weighted by Crippen LogP contribution is 2.43. The molecule has 0 aromatic carbocycles. The van der Waals surface area contributed by atoms with Crippen molar-refractivity contribution in [3.8, 4) is 0 Å². The summed E-state index contributed by atoms with van der Waals surface area (Å²) in [6.45, 7) is 2.08. The van der Waals surface area contributed by atoms with E-state index >= 15 is 0 Å². The lowest BCUT2D eigenvalue weighted by atomic mass is 10.1. The highest BCUT2D eigenvalue weighted by Gasteiger charge is 2.24. The van der Waals surface area contributed by atoms with Crippen molar-refractivity contribution in [2.45, 2.75) is 83.7 Å². The summed E-state index contributed by atoms with van der Waals surface area (Å²) in [4.78, 5) is 21.3. The zero-order chi connectivity index (χ0) is 24.3. The number of ether oxygens (including phenoxy) is 1. The molecule has 190 valence electrons. The van der Waals surface area contributed by atoms with Gasteiger partial charge in [-0.1, -0.05) is 51.2 Å². The summed E-state index contributed by atoms with van der Waals surface area (Å²) < 4.78 is 27.0. The summed E-state index contributed by atoms with van der Waals surface area (Å²) in [7, 11) is 1.55. The number of hydrogen-bond acceptors (Lipinski definition) is 6. The Kier molecular flexibility index (Phi) is 18.2. The quantitative estimate of drug-likeness (QED) is 0.0814. The Bertz CT molecular complexity index is 549. The third-order valence-corrected chi connectivity index (χ3v) is 5.76. The molecule has 1 unspecified atom stereocenters. The monoisotopic (exact) mass is 480 g/mol. The molecule has 0 aliphatic carbocycles. The molecule has 2 N–H and O–H groups in total. The molecule has 0 aromatic rings. The van der Waals surface area contributed by atoms with E-state index in [1.165, 1.54) is 32.1 Å². The number of phosphoric acid groups is 1. The summed E-state index contributed by atoms with van der Waals surface area (Å²) in [5, 5.41) is 9.79. The highest BCUT2D eigenvalue weighted by atomic mass is 31.2. The van der Waals surface area contributed by atoms with Gasteiger partial charge in [-0.05, 0) is 32.1 Å². The third kappa shape index (κ3) is 22.4. The molecule has 0 amide bonds. The van der Waals surface area contributed by atoms with Crippen LogP contribution in [0.2, 0.25) is 0 Å². The van der Waals surface area contributed by atoms with Crippen molar-refractivity contribution in [1.29, 1.82) is 0 Å². The number of esters is 1. The smallest absolute Gasteiger partial charge is 0.463 e. The molecule has 32 heavy (non-hydrogen) atoms. The van der Waals surface area contributed by atoms with E-state index in [-0.39, 0.29) is 19.2 Å². The van der Waals surface area contributed by atoms with Crippen molar-refractivity contribution >= 4 is 13.8 Å². The number of carbonyl (C=O) groups is 1. The SMILES string of the molecule is CCCCC/C=C\CCCCCCCC(=O)OC[C@@H](O)COP(=O)(O)OCC[N+](C)(C)C. The van der Waals surface area contributed by atoms with E-state index in [1.807, 2.05) is 21.1 Å². The number of hydrogen-bond donors (Lipinski definition) is 2. The first-order valence-electron chi connectivity index (χ1n) is 12.0. The first-order chi connectivity index (χ1) is 15.1. The minimum Gasteiger partial charge on any atom is -0.463 e. The molecule has 2 atom stereocenters. The number of unbranched alkanes of at least 4 members (excludes halogenated alkanes) is 8. The van der Waals surface area contributed by atoms with E-state index < -0.39 is 20.5 Å². The zero-order valence-corrected chi connectivity index (χ0v) is 21.6. The van der Waals surface area contributed by atoms with Crippen LogP contribution >= 0.6 is 7.82 Å². The van der Waals surface area contributed by atoms with E-state index in [2.05, 4.69) is 19.1 Å². The van der Waals surface area contributed by atoms with Gasteiger partial charge >= 0.3 is 13.8 Å². The van der Waals surface area contributed by atoms with Crippen LogP contribution in [-0.2, 0) is 23.1 Å². The molecule has 0 fully saturated rings. The number of carbonyl (C=O) groups excluding carboxylic acids is 1. The number of likely N-dealkylation sites (N-methyl/N-ethyl adjacent to an activating group) is 1. The Labute approximate surface area is 195 Å². The standard InChI is InChI=1S/C23H46NO7P/c1-5-6-7-8-9-10-11-12-13-14-15-16-17-23(26)29-20-22(25)21-31-32(27,28)30-19-18-24(2,3)4/h9-10,22,25H,5-8,11-21H2,1-4H3/p+1/b10-9-/t22-/m1/s1. The number of aliphatic hydroxyl groups is 1. The molecule has 9 heteroatoms. The first-order valence-corrected chi connectivity index (χ1v) is 13.5. The third-order valence-electron chi connectivity index (χ3n) is 4.78. The second-order valence-corrected chi connectivity index (χ2v) is 10.7. The van der Waals surface area contributed by atoms with E-state index in [0.717, 1.165) is 32.1 Å². The molecule has 0 bridgehead atoms. The van der Waals surface area contributed by atoms with Crippen LogP contribution in [0.3, 0.4) is 0 Å². The van der Waals surface area contributed by atoms with E-state index in [9.17, 15) is 19.4 Å². The second-order valence-electron chi connectivity index (χ2n) is 9.22. The summed E-state index contributed by atoms with van der Waals surface area (Å²) in [6, 6.07) is 0. The molecular formula is C23H47NO7P+. The van der Waals surface area contributed by atoms with Gasteiger partial charge in [0.15, 0.2) is 0 Å². The second kappa shape index (κ2) is 18.6. The van der Waals surface area contributed by atoms with E-state index in [0.29, 0.717) is 17.4 Å². The molecule has 0 spiro atoms. The van der Waals surface area contributed by atoms with Gasteiger partial charge in [-0.3, -0.25) is 13.8 Å². The van der Waals surface area contributed by atoms with Crippen molar-refractivity contribution in [2.75, 3.05) is 47.5 Å². The van der Waals surface area contributed by atoms with Gasteiger partial charge in [0, 0.05) is 6.42 Å². The fraction of sp³-hybridized carbons (Fsp3) is 0.870. The van der Waals surface area contributed by atoms with Crippen molar-refractivity contribution in [2.24, 2.45) is 0 Å². The van der Waals surface area contributed by atoms with Gasteiger partial charge in [0.25, 0.3) is 0 Å². The first kappa shape index (κ1) is 31.2. The van der Waals surface area contributed by atoms with Gasteiger partial charge in [0.1, 0.15) is 25.9 Å². The summed E-state index contributed by atoms with van der Waals surface area (Å²) in [6.07, 6.45) is 15.0. The molecule has 0 aromatic heterocycles. The van der Waals surface area contributed by atoms with Gasteiger partial charge in [0.05, 0.1) is 27.7 Å². The zero-order valence-electron chi connectivity index (χ0n) is 20.7. The van der Waals surface area contributed by atoms with Crippen molar-refractivity contribution < 1.29 is 37.6 Å². The van der Waals surface area contributed by atoms with Crippen molar-refractivity contribution in [3.05, 3.63) is 12.2 Å². The Morgan fingerprint density at radius 1 is 0.938 bits per heavy atom. The Hall–Kier alpha value is -0.760. The van der Waals surface area contributed by atoms with Gasteiger partial charge in [-0.15, -0.1) is 0 Å². The Balaban J connectivity index is 3.66. The maximum absolute atomic E-state index is 11.8. The fourth-order valence-corrected chi connectivity index (χ4v) is 3.51. The van der Waals surface area contributed by atoms with Crippen LogP contribution in [0.4, 0.5) is 0 Å². The maximum atomic E-state index is 11.8. The number of phosphoric ester groups is 1. The summed E-state index contributed by atoms with van der Waals surface area (Å²) >= 11 is 0. The molecule has 0 saturated heterocycles. The van der Waals surface area contributed by atoms with Crippen LogP contribution < -0.4 is 0 Å².